The van der Waals surface area contributed by atoms with Crippen LogP contribution >= 0.6 is 0 Å². The zero-order valence-corrected chi connectivity index (χ0v) is 24.0. The Morgan fingerprint density at radius 1 is 1.00 bits per heavy atom. The molecule has 0 unspecified atom stereocenters. The third-order valence-electron chi connectivity index (χ3n) is 8.00. The average molecular weight is 569 g/mol. The first-order valence-electron chi connectivity index (χ1n) is 14.4. The minimum atomic E-state index is -0.0797. The largest absolute Gasteiger partial charge is 0.367 e. The van der Waals surface area contributed by atoms with E-state index < -0.39 is 0 Å². The number of pyridine rings is 2. The third-order valence-corrected chi connectivity index (χ3v) is 8.00. The van der Waals surface area contributed by atoms with Crippen molar-refractivity contribution in [1.82, 2.24) is 35.4 Å². The predicted molar refractivity (Wildman–Crippen MR) is 171 cm³/mol. The number of hydrogen-bond acceptors (Lipinski definition) is 6. The van der Waals surface area contributed by atoms with Crippen LogP contribution in [0.2, 0.25) is 0 Å². The van der Waals surface area contributed by atoms with Gasteiger partial charge in [0.25, 0.3) is 0 Å². The van der Waals surface area contributed by atoms with Gasteiger partial charge < -0.3 is 20.1 Å². The molecular formula is C34H32N8O. The minimum Gasteiger partial charge on any atom is -0.367 e. The number of H-pyrrole nitrogens is 2. The summed E-state index contributed by atoms with van der Waals surface area (Å²) in [5, 5.41) is 12.8. The van der Waals surface area contributed by atoms with Crippen LogP contribution in [0.5, 0.6) is 0 Å². The number of aromatic amines is 2. The molecule has 0 radical (unpaired) electrons. The van der Waals surface area contributed by atoms with Gasteiger partial charge in [-0.3, -0.25) is 14.9 Å². The number of aromatic nitrogens is 5. The van der Waals surface area contributed by atoms with Gasteiger partial charge in [-0.1, -0.05) is 43.0 Å². The first kappa shape index (κ1) is 26.6. The molecule has 9 nitrogen and oxygen atoms in total. The molecule has 7 rings (SSSR count). The van der Waals surface area contributed by atoms with Crippen LogP contribution in [0.1, 0.15) is 11.1 Å². The molecule has 1 aliphatic carbocycles. The van der Waals surface area contributed by atoms with E-state index in [0.717, 1.165) is 81.8 Å². The number of amides is 1. The van der Waals surface area contributed by atoms with E-state index in [9.17, 15) is 4.79 Å². The molecule has 3 N–H and O–H groups in total. The van der Waals surface area contributed by atoms with E-state index in [1.54, 1.807) is 6.20 Å². The third kappa shape index (κ3) is 5.50. The lowest BCUT2D eigenvalue weighted by Crippen LogP contribution is -2.44. The Labute approximate surface area is 249 Å². The second-order valence-electron chi connectivity index (χ2n) is 11.1. The molecule has 2 aliphatic rings. The van der Waals surface area contributed by atoms with Crippen molar-refractivity contribution in [3.05, 3.63) is 114 Å². The number of anilines is 1. The standard InChI is InChI=1S/C34H32N8O/c1-22-8-9-26(37-32(43)15-23-6-4-3-5-7-23)16-24(14-22)25-17-28-33(39-40-34(28)36-19-25)29-18-27-30(38-29)20-35-21-31(27)42-12-10-41(2)11-13-42/h3-9,14,16-21,38H,1,10-13,15H2,2H3,(H,37,43)(H,36,39,40). The fraction of sp³-hybridized carbons (Fsp3) is 0.176. The van der Waals surface area contributed by atoms with E-state index in [1.165, 1.54) is 0 Å². The number of likely N-dealkylation sites (N-methyl/N-ethyl adjacent to an activating group) is 1. The molecule has 4 aromatic heterocycles. The van der Waals surface area contributed by atoms with Crippen molar-refractivity contribution in [2.45, 2.75) is 6.42 Å². The second kappa shape index (κ2) is 11.2. The fourth-order valence-electron chi connectivity index (χ4n) is 5.67. The van der Waals surface area contributed by atoms with Gasteiger partial charge in [-0.25, -0.2) is 4.98 Å². The number of rotatable bonds is 6. The SMILES string of the molecule is C=C1C=CC(NC(=O)Cc2ccccc2)=CC(c2cnc3n[nH]c(-c4cc5c(N6CCN(C)CC6)cncc5[nH]4)c3c2)=C1. The number of nitrogens with one attached hydrogen (secondary N) is 3. The van der Waals surface area contributed by atoms with E-state index in [0.29, 0.717) is 17.8 Å². The Morgan fingerprint density at radius 3 is 2.67 bits per heavy atom. The first-order chi connectivity index (χ1) is 21.0. The number of hydrogen-bond donors (Lipinski definition) is 3. The highest BCUT2D eigenvalue weighted by molar-refractivity contribution is 5.99. The van der Waals surface area contributed by atoms with Crippen LogP contribution in [-0.2, 0) is 11.2 Å². The normalized spacial score (nSPS) is 15.9. The molecule has 0 atom stereocenters. The van der Waals surface area contributed by atoms with Gasteiger partial charge in [-0.15, -0.1) is 0 Å². The van der Waals surface area contributed by atoms with E-state index in [1.807, 2.05) is 67.0 Å². The number of allylic oxidation sites excluding steroid dienone is 6. The summed E-state index contributed by atoms with van der Waals surface area (Å²) in [5.74, 6) is -0.0797. The summed E-state index contributed by atoms with van der Waals surface area (Å²) in [6.07, 6.45) is 13.6. The van der Waals surface area contributed by atoms with Gasteiger partial charge in [0.05, 0.1) is 41.4 Å². The summed E-state index contributed by atoms with van der Waals surface area (Å²) in [6, 6.07) is 14.0. The van der Waals surface area contributed by atoms with Crippen molar-refractivity contribution in [2.24, 2.45) is 0 Å². The Morgan fingerprint density at radius 2 is 1.84 bits per heavy atom. The monoisotopic (exact) mass is 568 g/mol. The van der Waals surface area contributed by atoms with Crippen LogP contribution in [0.3, 0.4) is 0 Å². The highest BCUT2D eigenvalue weighted by Gasteiger charge is 2.20. The van der Waals surface area contributed by atoms with Crippen molar-refractivity contribution in [1.29, 1.82) is 0 Å². The zero-order chi connectivity index (χ0) is 29.3. The molecule has 9 heteroatoms. The molecule has 1 aromatic carbocycles. The van der Waals surface area contributed by atoms with E-state index in [-0.39, 0.29) is 5.91 Å². The summed E-state index contributed by atoms with van der Waals surface area (Å²) in [7, 11) is 2.16. The Kier molecular flexibility index (Phi) is 6.92. The molecule has 0 bridgehead atoms. The van der Waals surface area contributed by atoms with Gasteiger partial charge >= 0.3 is 0 Å². The van der Waals surface area contributed by atoms with Crippen molar-refractivity contribution in [3.8, 4) is 11.4 Å². The van der Waals surface area contributed by atoms with Gasteiger partial charge in [-0.05, 0) is 54.1 Å². The lowest BCUT2D eigenvalue weighted by molar-refractivity contribution is -0.119. The molecule has 1 saturated heterocycles. The summed E-state index contributed by atoms with van der Waals surface area (Å²) in [5.41, 5.74) is 8.79. The number of benzene rings is 1. The van der Waals surface area contributed by atoms with Crippen LogP contribution in [-0.4, -0.2) is 69.2 Å². The number of carbonyl (C=O) groups is 1. The maximum absolute atomic E-state index is 12.8. The minimum absolute atomic E-state index is 0.0797. The van der Waals surface area contributed by atoms with Crippen molar-refractivity contribution in [2.75, 3.05) is 38.1 Å². The predicted octanol–water partition coefficient (Wildman–Crippen LogP) is 5.01. The number of nitrogens with zero attached hydrogens (tertiary/aromatic N) is 5. The van der Waals surface area contributed by atoms with Crippen molar-refractivity contribution in [3.63, 3.8) is 0 Å². The lowest BCUT2D eigenvalue weighted by atomic mass is 10.0. The average Bonchev–Trinajstić information content (AvgIpc) is 3.59. The maximum Gasteiger partial charge on any atom is 0.228 e. The molecule has 1 amide bonds. The summed E-state index contributed by atoms with van der Waals surface area (Å²) in [6.45, 7) is 8.15. The molecule has 5 aromatic rings. The number of piperazine rings is 1. The van der Waals surface area contributed by atoms with E-state index in [2.05, 4.69) is 66.0 Å². The van der Waals surface area contributed by atoms with Crippen molar-refractivity contribution < 1.29 is 4.79 Å². The molecule has 214 valence electrons. The van der Waals surface area contributed by atoms with Crippen LogP contribution < -0.4 is 10.2 Å². The molecule has 1 fully saturated rings. The quantitative estimate of drug-likeness (QED) is 0.266. The van der Waals surface area contributed by atoms with Crippen LogP contribution in [0.15, 0.2) is 103 Å². The first-order valence-corrected chi connectivity index (χ1v) is 14.4. The van der Waals surface area contributed by atoms with Crippen LogP contribution in [0.25, 0.3) is 38.9 Å². The Bertz CT molecular complexity index is 1940. The Balaban J connectivity index is 1.20. The zero-order valence-electron chi connectivity index (χ0n) is 24.0. The van der Waals surface area contributed by atoms with Crippen molar-refractivity contribution >= 4 is 39.1 Å². The fourth-order valence-corrected chi connectivity index (χ4v) is 5.67. The van der Waals surface area contributed by atoms with Gasteiger partial charge in [-0.2, -0.15) is 5.10 Å². The van der Waals surface area contributed by atoms with Gasteiger partial charge in [0.1, 0.15) is 0 Å². The second-order valence-corrected chi connectivity index (χ2v) is 11.1. The number of carbonyl (C=O) groups excluding carboxylic acids is 1. The molecule has 0 saturated carbocycles. The smallest absolute Gasteiger partial charge is 0.228 e. The molecule has 1 aliphatic heterocycles. The van der Waals surface area contributed by atoms with E-state index >= 15 is 0 Å². The maximum atomic E-state index is 12.8. The van der Waals surface area contributed by atoms with Crippen LogP contribution in [0, 0.1) is 0 Å². The Hall–Kier alpha value is -5.28. The molecule has 0 spiro atoms. The highest BCUT2D eigenvalue weighted by Crippen LogP contribution is 2.34. The lowest BCUT2D eigenvalue weighted by Gasteiger charge is -2.34. The summed E-state index contributed by atoms with van der Waals surface area (Å²) < 4.78 is 0. The topological polar surface area (TPSA) is 106 Å². The van der Waals surface area contributed by atoms with E-state index in [4.69, 9.17) is 0 Å². The van der Waals surface area contributed by atoms with Crippen LogP contribution in [0.4, 0.5) is 5.69 Å². The van der Waals surface area contributed by atoms with Gasteiger partial charge in [0.2, 0.25) is 5.91 Å². The van der Waals surface area contributed by atoms with Gasteiger partial charge in [0.15, 0.2) is 5.65 Å². The molecular weight excluding hydrogens is 536 g/mol. The van der Waals surface area contributed by atoms with Gasteiger partial charge in [0, 0.05) is 54.4 Å². The molecule has 5 heterocycles. The number of fused-ring (bicyclic) bond motifs is 2. The molecule has 43 heavy (non-hydrogen) atoms. The summed E-state index contributed by atoms with van der Waals surface area (Å²) >= 11 is 0. The summed E-state index contributed by atoms with van der Waals surface area (Å²) in [4.78, 5) is 30.3. The highest BCUT2D eigenvalue weighted by atomic mass is 16.1.